The molecule has 2 aromatic carbocycles. The standard InChI is InChI=1S/C19H22N2O2/c1-14-17(3-2-4-18(14)19(20)22)16-7-5-15(6-8-16)13-21-9-11-23-12-10-21/h2-8H,9-13H2,1H3,(H2,20,22). The van der Waals surface area contributed by atoms with Gasteiger partial charge in [-0.15, -0.1) is 0 Å². The van der Waals surface area contributed by atoms with E-state index in [1.54, 1.807) is 6.07 Å². The van der Waals surface area contributed by atoms with Gasteiger partial charge >= 0.3 is 0 Å². The first kappa shape index (κ1) is 15.7. The van der Waals surface area contributed by atoms with E-state index in [0.717, 1.165) is 49.5 Å². The van der Waals surface area contributed by atoms with Gasteiger partial charge in [-0.25, -0.2) is 0 Å². The van der Waals surface area contributed by atoms with Gasteiger partial charge in [0, 0.05) is 25.2 Å². The number of carbonyl (C=O) groups excluding carboxylic acids is 1. The molecule has 1 aliphatic rings. The molecule has 2 N–H and O–H groups in total. The molecular weight excluding hydrogens is 288 g/mol. The summed E-state index contributed by atoms with van der Waals surface area (Å²) in [5.74, 6) is -0.381. The molecule has 0 unspecified atom stereocenters. The van der Waals surface area contributed by atoms with E-state index in [0.29, 0.717) is 5.56 Å². The Morgan fingerprint density at radius 1 is 1.13 bits per heavy atom. The maximum absolute atomic E-state index is 11.5. The third-order valence-electron chi connectivity index (χ3n) is 4.37. The molecule has 0 saturated carbocycles. The van der Waals surface area contributed by atoms with E-state index in [1.807, 2.05) is 19.1 Å². The normalized spacial score (nSPS) is 15.5. The Balaban J connectivity index is 1.79. The van der Waals surface area contributed by atoms with Crippen molar-refractivity contribution in [1.29, 1.82) is 0 Å². The van der Waals surface area contributed by atoms with Crippen molar-refractivity contribution in [2.24, 2.45) is 5.73 Å². The zero-order valence-electron chi connectivity index (χ0n) is 13.4. The summed E-state index contributed by atoms with van der Waals surface area (Å²) in [5, 5.41) is 0. The minimum Gasteiger partial charge on any atom is -0.379 e. The first-order valence-electron chi connectivity index (χ1n) is 7.94. The van der Waals surface area contributed by atoms with Crippen LogP contribution in [0, 0.1) is 6.92 Å². The second kappa shape index (κ2) is 6.94. The highest BCUT2D eigenvalue weighted by molar-refractivity contribution is 5.96. The van der Waals surface area contributed by atoms with Crippen LogP contribution in [-0.2, 0) is 11.3 Å². The molecule has 1 heterocycles. The Kier molecular flexibility index (Phi) is 4.74. The number of morpholine rings is 1. The molecule has 0 radical (unpaired) electrons. The Morgan fingerprint density at radius 3 is 2.48 bits per heavy atom. The molecule has 1 fully saturated rings. The van der Waals surface area contributed by atoms with E-state index in [-0.39, 0.29) is 5.91 Å². The summed E-state index contributed by atoms with van der Waals surface area (Å²) in [6.45, 7) is 6.50. The molecule has 23 heavy (non-hydrogen) atoms. The second-order valence-corrected chi connectivity index (χ2v) is 5.93. The van der Waals surface area contributed by atoms with Crippen LogP contribution in [0.1, 0.15) is 21.5 Å². The van der Waals surface area contributed by atoms with E-state index in [4.69, 9.17) is 10.5 Å². The fraction of sp³-hybridized carbons (Fsp3) is 0.316. The number of rotatable bonds is 4. The number of carbonyl (C=O) groups is 1. The molecule has 0 aliphatic carbocycles. The number of nitrogens with zero attached hydrogens (tertiary/aromatic N) is 1. The van der Waals surface area contributed by atoms with Crippen LogP contribution in [0.4, 0.5) is 0 Å². The van der Waals surface area contributed by atoms with Gasteiger partial charge in [0.2, 0.25) is 5.91 Å². The summed E-state index contributed by atoms with van der Waals surface area (Å²) < 4.78 is 5.38. The van der Waals surface area contributed by atoms with Gasteiger partial charge in [0.25, 0.3) is 0 Å². The number of amides is 1. The molecule has 0 bridgehead atoms. The van der Waals surface area contributed by atoms with Gasteiger partial charge < -0.3 is 10.5 Å². The van der Waals surface area contributed by atoms with Crippen LogP contribution < -0.4 is 5.73 Å². The van der Waals surface area contributed by atoms with Gasteiger partial charge in [0.15, 0.2) is 0 Å². The highest BCUT2D eigenvalue weighted by Crippen LogP contribution is 2.26. The predicted octanol–water partition coefficient (Wildman–Crippen LogP) is 2.59. The summed E-state index contributed by atoms with van der Waals surface area (Å²) in [7, 11) is 0. The van der Waals surface area contributed by atoms with Crippen molar-refractivity contribution in [2.75, 3.05) is 26.3 Å². The van der Waals surface area contributed by atoms with Crippen LogP contribution in [0.3, 0.4) is 0 Å². The Bertz CT molecular complexity index is 689. The third kappa shape index (κ3) is 3.60. The number of primary amides is 1. The third-order valence-corrected chi connectivity index (χ3v) is 4.37. The molecule has 120 valence electrons. The van der Waals surface area contributed by atoms with Crippen molar-refractivity contribution < 1.29 is 9.53 Å². The van der Waals surface area contributed by atoms with Gasteiger partial charge in [-0.3, -0.25) is 9.69 Å². The summed E-state index contributed by atoms with van der Waals surface area (Å²) in [6, 6.07) is 14.2. The van der Waals surface area contributed by atoms with Crippen LogP contribution in [0.2, 0.25) is 0 Å². The molecule has 0 spiro atoms. The predicted molar refractivity (Wildman–Crippen MR) is 91.2 cm³/mol. The number of hydrogen-bond acceptors (Lipinski definition) is 3. The molecule has 0 atom stereocenters. The molecule has 3 rings (SSSR count). The first-order valence-corrected chi connectivity index (χ1v) is 7.94. The lowest BCUT2D eigenvalue weighted by Crippen LogP contribution is -2.35. The van der Waals surface area contributed by atoms with Crippen LogP contribution in [-0.4, -0.2) is 37.1 Å². The maximum Gasteiger partial charge on any atom is 0.248 e. The average molecular weight is 310 g/mol. The van der Waals surface area contributed by atoms with Crippen LogP contribution in [0.5, 0.6) is 0 Å². The topological polar surface area (TPSA) is 55.6 Å². The lowest BCUT2D eigenvalue weighted by atomic mass is 9.95. The Hall–Kier alpha value is -2.17. The molecule has 4 nitrogen and oxygen atoms in total. The largest absolute Gasteiger partial charge is 0.379 e. The average Bonchev–Trinajstić information content (AvgIpc) is 2.57. The quantitative estimate of drug-likeness (QED) is 0.944. The van der Waals surface area contributed by atoms with Crippen molar-refractivity contribution in [3.63, 3.8) is 0 Å². The monoisotopic (exact) mass is 310 g/mol. The molecule has 1 aliphatic heterocycles. The lowest BCUT2D eigenvalue weighted by molar-refractivity contribution is 0.0342. The highest BCUT2D eigenvalue weighted by Gasteiger charge is 2.12. The summed E-state index contributed by atoms with van der Waals surface area (Å²) >= 11 is 0. The van der Waals surface area contributed by atoms with Crippen molar-refractivity contribution in [2.45, 2.75) is 13.5 Å². The summed E-state index contributed by atoms with van der Waals surface area (Å²) in [6.07, 6.45) is 0. The zero-order valence-corrected chi connectivity index (χ0v) is 13.4. The van der Waals surface area contributed by atoms with Crippen LogP contribution in [0.25, 0.3) is 11.1 Å². The van der Waals surface area contributed by atoms with Crippen molar-refractivity contribution in [3.8, 4) is 11.1 Å². The molecule has 1 amide bonds. The van der Waals surface area contributed by atoms with E-state index in [1.165, 1.54) is 5.56 Å². The van der Waals surface area contributed by atoms with Crippen molar-refractivity contribution >= 4 is 5.91 Å². The van der Waals surface area contributed by atoms with E-state index in [9.17, 15) is 4.79 Å². The first-order chi connectivity index (χ1) is 11.1. The highest BCUT2D eigenvalue weighted by atomic mass is 16.5. The number of hydrogen-bond donors (Lipinski definition) is 1. The second-order valence-electron chi connectivity index (χ2n) is 5.93. The fourth-order valence-electron chi connectivity index (χ4n) is 3.02. The molecule has 4 heteroatoms. The number of ether oxygens (including phenoxy) is 1. The minimum atomic E-state index is -0.381. The smallest absolute Gasteiger partial charge is 0.248 e. The van der Waals surface area contributed by atoms with E-state index in [2.05, 4.69) is 29.2 Å². The number of benzene rings is 2. The fourth-order valence-corrected chi connectivity index (χ4v) is 3.02. The van der Waals surface area contributed by atoms with Crippen molar-refractivity contribution in [1.82, 2.24) is 4.90 Å². The molecule has 1 saturated heterocycles. The van der Waals surface area contributed by atoms with Crippen molar-refractivity contribution in [3.05, 3.63) is 59.2 Å². The molecular formula is C19H22N2O2. The SMILES string of the molecule is Cc1c(C(N)=O)cccc1-c1ccc(CN2CCOCC2)cc1. The maximum atomic E-state index is 11.5. The van der Waals surface area contributed by atoms with Gasteiger partial charge in [-0.1, -0.05) is 36.4 Å². The van der Waals surface area contributed by atoms with Crippen LogP contribution >= 0.6 is 0 Å². The summed E-state index contributed by atoms with van der Waals surface area (Å²) in [5.41, 5.74) is 10.4. The molecule has 2 aromatic rings. The van der Waals surface area contributed by atoms with Crippen LogP contribution in [0.15, 0.2) is 42.5 Å². The Morgan fingerprint density at radius 2 is 1.83 bits per heavy atom. The lowest BCUT2D eigenvalue weighted by Gasteiger charge is -2.26. The number of nitrogens with two attached hydrogens (primary N) is 1. The zero-order chi connectivity index (χ0) is 16.2. The van der Waals surface area contributed by atoms with Gasteiger partial charge in [0.05, 0.1) is 13.2 Å². The van der Waals surface area contributed by atoms with E-state index >= 15 is 0 Å². The van der Waals surface area contributed by atoms with Gasteiger partial charge in [-0.05, 0) is 35.2 Å². The van der Waals surface area contributed by atoms with E-state index < -0.39 is 0 Å². The van der Waals surface area contributed by atoms with Gasteiger partial charge in [-0.2, -0.15) is 0 Å². The Labute approximate surface area is 136 Å². The molecule has 0 aromatic heterocycles. The van der Waals surface area contributed by atoms with Gasteiger partial charge in [0.1, 0.15) is 0 Å². The minimum absolute atomic E-state index is 0.381. The summed E-state index contributed by atoms with van der Waals surface area (Å²) in [4.78, 5) is 13.9.